The van der Waals surface area contributed by atoms with E-state index in [0.29, 0.717) is 21.3 Å². The lowest BCUT2D eigenvalue weighted by molar-refractivity contribution is 0.0953. The maximum atomic E-state index is 13.9. The number of fused-ring (bicyclic) bond motifs is 1. The van der Waals surface area contributed by atoms with Gasteiger partial charge in [0.2, 0.25) is 5.95 Å². The summed E-state index contributed by atoms with van der Waals surface area (Å²) in [6.07, 6.45) is 1.27. The molecule has 1 saturated carbocycles. The Labute approximate surface area is 139 Å². The van der Waals surface area contributed by atoms with Crippen molar-refractivity contribution in [2.24, 2.45) is 5.92 Å². The lowest BCUT2D eigenvalue weighted by atomic mass is 10.1. The predicted octanol–water partition coefficient (Wildman–Crippen LogP) is 4.23. The van der Waals surface area contributed by atoms with E-state index in [-0.39, 0.29) is 17.8 Å². The average Bonchev–Trinajstić information content (AvgIpc) is 3.01. The van der Waals surface area contributed by atoms with Crippen molar-refractivity contribution in [3.8, 4) is 11.1 Å². The highest BCUT2D eigenvalue weighted by Gasteiger charge is 2.56. The number of pyridine rings is 1. The van der Waals surface area contributed by atoms with E-state index in [1.807, 2.05) is 6.92 Å². The quantitative estimate of drug-likeness (QED) is 0.663. The van der Waals surface area contributed by atoms with Gasteiger partial charge in [0.1, 0.15) is 0 Å². The lowest BCUT2D eigenvalue weighted by Gasteiger charge is -2.06. The second-order valence-corrected chi connectivity index (χ2v) is 7.17. The van der Waals surface area contributed by atoms with Gasteiger partial charge in [-0.25, -0.2) is 13.8 Å². The van der Waals surface area contributed by atoms with Gasteiger partial charge in [-0.3, -0.25) is 9.36 Å². The summed E-state index contributed by atoms with van der Waals surface area (Å²) in [5.74, 6) is -4.01. The van der Waals surface area contributed by atoms with Crippen molar-refractivity contribution >= 4 is 21.6 Å². The highest BCUT2D eigenvalue weighted by atomic mass is 32.1. The van der Waals surface area contributed by atoms with Gasteiger partial charge in [0.15, 0.2) is 0 Å². The van der Waals surface area contributed by atoms with Gasteiger partial charge in [-0.1, -0.05) is 17.4 Å². The summed E-state index contributed by atoms with van der Waals surface area (Å²) < 4.78 is 42.2. The molecule has 2 heterocycles. The molecule has 4 rings (SSSR count). The van der Waals surface area contributed by atoms with Gasteiger partial charge in [-0.05, 0) is 36.2 Å². The predicted molar refractivity (Wildman–Crippen MR) is 87.1 cm³/mol. The molecule has 24 heavy (non-hydrogen) atoms. The third kappa shape index (κ3) is 2.53. The fourth-order valence-corrected chi connectivity index (χ4v) is 3.79. The van der Waals surface area contributed by atoms with Crippen molar-refractivity contribution in [2.75, 3.05) is 0 Å². The number of rotatable bonds is 3. The van der Waals surface area contributed by atoms with Crippen LogP contribution in [-0.4, -0.2) is 15.5 Å². The number of halogens is 3. The summed E-state index contributed by atoms with van der Waals surface area (Å²) in [4.78, 5) is 15.6. The fourth-order valence-electron chi connectivity index (χ4n) is 2.85. The minimum absolute atomic E-state index is 0.0194. The second kappa shape index (κ2) is 5.17. The van der Waals surface area contributed by atoms with Gasteiger partial charge in [0.25, 0.3) is 5.92 Å². The normalized spacial score (nSPS) is 18.9. The molecule has 2 aromatic heterocycles. The van der Waals surface area contributed by atoms with E-state index in [4.69, 9.17) is 0 Å². The first kappa shape index (κ1) is 15.4. The third-order valence-electron chi connectivity index (χ3n) is 4.31. The maximum Gasteiger partial charge on any atom is 0.308 e. The molecule has 3 nitrogen and oxygen atoms in total. The van der Waals surface area contributed by atoms with E-state index in [9.17, 15) is 18.0 Å². The number of aromatic nitrogens is 2. The van der Waals surface area contributed by atoms with E-state index >= 15 is 0 Å². The Morgan fingerprint density at radius 1 is 1.38 bits per heavy atom. The van der Waals surface area contributed by atoms with Crippen LogP contribution in [0.4, 0.5) is 13.2 Å². The van der Waals surface area contributed by atoms with E-state index in [1.54, 1.807) is 24.3 Å². The number of nitrogens with zero attached hydrogens (tertiary/aromatic N) is 2. The van der Waals surface area contributed by atoms with Crippen LogP contribution in [-0.2, 0) is 6.54 Å². The van der Waals surface area contributed by atoms with Gasteiger partial charge >= 0.3 is 4.87 Å². The molecule has 1 aliphatic rings. The zero-order valence-corrected chi connectivity index (χ0v) is 13.5. The van der Waals surface area contributed by atoms with Gasteiger partial charge < -0.3 is 0 Å². The van der Waals surface area contributed by atoms with Crippen LogP contribution < -0.4 is 4.87 Å². The Kier molecular flexibility index (Phi) is 3.32. The van der Waals surface area contributed by atoms with Crippen LogP contribution in [0.15, 0.2) is 35.3 Å². The molecule has 0 N–H and O–H groups in total. The van der Waals surface area contributed by atoms with Gasteiger partial charge in [-0.15, -0.1) is 0 Å². The number of hydrogen-bond donors (Lipinski definition) is 0. The van der Waals surface area contributed by atoms with Crippen molar-refractivity contribution in [1.29, 1.82) is 0 Å². The lowest BCUT2D eigenvalue weighted by Crippen LogP contribution is -2.15. The van der Waals surface area contributed by atoms with Crippen molar-refractivity contribution < 1.29 is 13.2 Å². The second-order valence-electron chi connectivity index (χ2n) is 6.17. The standard InChI is InChI=1S/C17H13F3N2OS/c1-9-4-12(15(18)21-7-9)10-2-3-13-14(5-10)24-16(23)22(13)8-11-6-17(11,19)20/h2-5,7,11H,6,8H2,1H3/t11-/m0/s1. The first-order chi connectivity index (χ1) is 11.3. The molecule has 3 aromatic rings. The van der Waals surface area contributed by atoms with Crippen LogP contribution in [0.5, 0.6) is 0 Å². The zero-order chi connectivity index (χ0) is 17.1. The fraction of sp³-hybridized carbons (Fsp3) is 0.294. The topological polar surface area (TPSA) is 34.9 Å². The largest absolute Gasteiger partial charge is 0.308 e. The molecule has 1 atom stereocenters. The summed E-state index contributed by atoms with van der Waals surface area (Å²) in [6.45, 7) is 1.84. The van der Waals surface area contributed by atoms with E-state index in [0.717, 1.165) is 16.9 Å². The summed E-state index contributed by atoms with van der Waals surface area (Å²) in [6, 6.07) is 6.77. The van der Waals surface area contributed by atoms with Crippen LogP contribution in [0.1, 0.15) is 12.0 Å². The van der Waals surface area contributed by atoms with E-state index in [2.05, 4.69) is 4.98 Å². The van der Waals surface area contributed by atoms with Crippen LogP contribution in [0.2, 0.25) is 0 Å². The highest BCUT2D eigenvalue weighted by Crippen LogP contribution is 2.49. The first-order valence-electron chi connectivity index (χ1n) is 7.49. The van der Waals surface area contributed by atoms with Crippen molar-refractivity contribution in [3.63, 3.8) is 0 Å². The Balaban J connectivity index is 1.77. The maximum absolute atomic E-state index is 13.9. The number of hydrogen-bond acceptors (Lipinski definition) is 3. The molecule has 1 fully saturated rings. The summed E-state index contributed by atoms with van der Waals surface area (Å²) in [5, 5.41) is 0. The molecule has 0 aliphatic heterocycles. The number of aryl methyl sites for hydroxylation is 1. The Morgan fingerprint density at radius 2 is 2.12 bits per heavy atom. The van der Waals surface area contributed by atoms with Gasteiger partial charge in [0.05, 0.1) is 10.2 Å². The van der Waals surface area contributed by atoms with Gasteiger partial charge in [-0.2, -0.15) is 4.39 Å². The minimum Gasteiger partial charge on any atom is -0.298 e. The van der Waals surface area contributed by atoms with Crippen molar-refractivity contribution in [1.82, 2.24) is 9.55 Å². The molecule has 0 saturated heterocycles. The van der Waals surface area contributed by atoms with Crippen LogP contribution >= 0.6 is 11.3 Å². The Morgan fingerprint density at radius 3 is 2.83 bits per heavy atom. The number of thiazole rings is 1. The molecule has 1 aromatic carbocycles. The number of benzene rings is 1. The SMILES string of the molecule is Cc1cnc(F)c(-c2ccc3c(c2)sc(=O)n3C[C@@H]2CC2(F)F)c1. The molecular formula is C17H13F3N2OS. The van der Waals surface area contributed by atoms with Gasteiger partial charge in [0, 0.05) is 30.6 Å². The molecule has 0 radical (unpaired) electrons. The van der Waals surface area contributed by atoms with E-state index < -0.39 is 17.8 Å². The monoisotopic (exact) mass is 350 g/mol. The average molecular weight is 350 g/mol. The summed E-state index contributed by atoms with van der Waals surface area (Å²) >= 11 is 0.987. The molecule has 0 bridgehead atoms. The van der Waals surface area contributed by atoms with Crippen LogP contribution in [0.25, 0.3) is 21.3 Å². The highest BCUT2D eigenvalue weighted by molar-refractivity contribution is 7.16. The third-order valence-corrected chi connectivity index (χ3v) is 5.26. The van der Waals surface area contributed by atoms with Crippen LogP contribution in [0.3, 0.4) is 0 Å². The minimum atomic E-state index is -2.66. The summed E-state index contributed by atoms with van der Waals surface area (Å²) in [7, 11) is 0. The molecule has 0 spiro atoms. The molecule has 7 heteroatoms. The molecule has 124 valence electrons. The molecular weight excluding hydrogens is 337 g/mol. The zero-order valence-electron chi connectivity index (χ0n) is 12.7. The molecule has 1 aliphatic carbocycles. The smallest absolute Gasteiger partial charge is 0.298 e. The molecule has 0 unspecified atom stereocenters. The van der Waals surface area contributed by atoms with Crippen molar-refractivity contribution in [2.45, 2.75) is 25.8 Å². The summed E-state index contributed by atoms with van der Waals surface area (Å²) in [5.41, 5.74) is 2.41. The Bertz CT molecular complexity index is 1010. The first-order valence-corrected chi connectivity index (χ1v) is 8.30. The Hall–Kier alpha value is -2.15. The van der Waals surface area contributed by atoms with Crippen molar-refractivity contribution in [3.05, 3.63) is 51.6 Å². The van der Waals surface area contributed by atoms with E-state index in [1.165, 1.54) is 10.8 Å². The molecule has 0 amide bonds. The van der Waals surface area contributed by atoms with Crippen LogP contribution in [0, 0.1) is 18.8 Å². The number of alkyl halides is 2.